The largest absolute Gasteiger partial charge is 0.493 e. The van der Waals surface area contributed by atoms with Gasteiger partial charge in [0.15, 0.2) is 6.17 Å². The standard InChI is InChI=1S/C39H56F2O5/c1-3-5-7-8-9-10-11-12-13-14-28-44-34-26-27-35(37(41)29-34)38(42)45-32-22-18-30(19-23-32)16-17-31-20-24-33(25-21-31)46-39(43)36(40)15-6-4-2/h18-19,22-23,26-27,29,31,33,36H,3-17,20-21,24-25,28H2,1-2H3/t31?,33?,36-/m0/s1. The second-order valence-electron chi connectivity index (χ2n) is 12.9. The topological polar surface area (TPSA) is 61.8 Å². The van der Waals surface area contributed by atoms with Gasteiger partial charge in [-0.25, -0.2) is 18.4 Å². The van der Waals surface area contributed by atoms with Gasteiger partial charge in [0.2, 0.25) is 0 Å². The number of hydrogen-bond donors (Lipinski definition) is 0. The quantitative estimate of drug-likeness (QED) is 0.0726. The molecule has 0 unspecified atom stereocenters. The Bertz CT molecular complexity index is 1140. The second kappa shape index (κ2) is 21.8. The summed E-state index contributed by atoms with van der Waals surface area (Å²) in [5, 5.41) is 0. The molecule has 7 heteroatoms. The van der Waals surface area contributed by atoms with Gasteiger partial charge in [-0.3, -0.25) is 0 Å². The molecule has 1 aliphatic rings. The Hall–Kier alpha value is -2.96. The lowest BCUT2D eigenvalue weighted by Crippen LogP contribution is -2.29. The molecule has 0 aliphatic heterocycles. The number of halogens is 2. The predicted octanol–water partition coefficient (Wildman–Crippen LogP) is 10.9. The van der Waals surface area contributed by atoms with E-state index in [1.807, 2.05) is 19.1 Å². The molecule has 0 bridgehead atoms. The fraction of sp³-hybridized carbons (Fsp3) is 0.641. The van der Waals surface area contributed by atoms with E-state index in [0.29, 0.717) is 30.4 Å². The predicted molar refractivity (Wildman–Crippen MR) is 180 cm³/mol. The third kappa shape index (κ3) is 14.2. The number of carbonyl (C=O) groups is 2. The molecule has 0 saturated heterocycles. The van der Waals surface area contributed by atoms with E-state index in [4.69, 9.17) is 14.2 Å². The summed E-state index contributed by atoms with van der Waals surface area (Å²) in [4.78, 5) is 24.6. The molecular weight excluding hydrogens is 586 g/mol. The molecule has 2 aromatic rings. The van der Waals surface area contributed by atoms with Crippen molar-refractivity contribution in [2.75, 3.05) is 6.61 Å². The molecule has 0 N–H and O–H groups in total. The average Bonchev–Trinajstić information content (AvgIpc) is 3.06. The number of hydrogen-bond acceptors (Lipinski definition) is 5. The molecule has 0 spiro atoms. The second-order valence-corrected chi connectivity index (χ2v) is 12.9. The van der Waals surface area contributed by atoms with Crippen LogP contribution in [0, 0.1) is 11.7 Å². The van der Waals surface area contributed by atoms with Gasteiger partial charge in [0.25, 0.3) is 0 Å². The van der Waals surface area contributed by atoms with Crippen LogP contribution in [0.25, 0.3) is 0 Å². The lowest BCUT2D eigenvalue weighted by Gasteiger charge is -2.28. The summed E-state index contributed by atoms with van der Waals surface area (Å²) in [6.45, 7) is 4.74. The van der Waals surface area contributed by atoms with Gasteiger partial charge in [-0.05, 0) is 87.1 Å². The molecule has 1 fully saturated rings. The Balaban J connectivity index is 1.30. The Labute approximate surface area is 275 Å². The van der Waals surface area contributed by atoms with Crippen molar-refractivity contribution in [3.05, 3.63) is 59.4 Å². The first-order valence-corrected chi connectivity index (χ1v) is 18.0. The average molecular weight is 643 g/mol. The minimum absolute atomic E-state index is 0.125. The molecule has 5 nitrogen and oxygen atoms in total. The zero-order valence-corrected chi connectivity index (χ0v) is 28.2. The first-order valence-electron chi connectivity index (χ1n) is 18.0. The van der Waals surface area contributed by atoms with Crippen LogP contribution in [0.5, 0.6) is 11.5 Å². The third-order valence-corrected chi connectivity index (χ3v) is 9.05. The minimum atomic E-state index is -1.51. The molecule has 256 valence electrons. The van der Waals surface area contributed by atoms with Crippen LogP contribution in [0.1, 0.15) is 145 Å². The number of alkyl halides is 1. The third-order valence-electron chi connectivity index (χ3n) is 9.05. The summed E-state index contributed by atoms with van der Waals surface area (Å²) < 4.78 is 45.2. The van der Waals surface area contributed by atoms with E-state index in [1.165, 1.54) is 63.5 Å². The number of aryl methyl sites for hydroxylation is 1. The van der Waals surface area contributed by atoms with Crippen LogP contribution < -0.4 is 9.47 Å². The number of ether oxygens (including phenoxy) is 3. The summed E-state index contributed by atoms with van der Waals surface area (Å²) in [7, 11) is 0. The molecular formula is C39H56F2O5. The van der Waals surface area contributed by atoms with E-state index in [1.54, 1.807) is 18.2 Å². The summed E-state index contributed by atoms with van der Waals surface area (Å²) in [6, 6.07) is 11.6. The van der Waals surface area contributed by atoms with Crippen LogP contribution in [0.15, 0.2) is 42.5 Å². The highest BCUT2D eigenvalue weighted by Crippen LogP contribution is 2.30. The van der Waals surface area contributed by atoms with Gasteiger partial charge in [-0.1, -0.05) is 96.6 Å². The maximum absolute atomic E-state index is 14.7. The summed E-state index contributed by atoms with van der Waals surface area (Å²) >= 11 is 0. The minimum Gasteiger partial charge on any atom is -0.493 e. The Morgan fingerprint density at radius 2 is 1.39 bits per heavy atom. The van der Waals surface area contributed by atoms with Crippen LogP contribution in [0.4, 0.5) is 8.78 Å². The van der Waals surface area contributed by atoms with Gasteiger partial charge in [-0.15, -0.1) is 0 Å². The van der Waals surface area contributed by atoms with Crippen molar-refractivity contribution in [1.82, 2.24) is 0 Å². The van der Waals surface area contributed by atoms with E-state index >= 15 is 0 Å². The SMILES string of the molecule is CCCCCCCCCCCCOc1ccc(C(=O)Oc2ccc(CCC3CCC(OC(=O)[C@@H](F)CCCC)CC3)cc2)c(F)c1. The summed E-state index contributed by atoms with van der Waals surface area (Å²) in [5.41, 5.74) is 0.999. The molecule has 1 atom stereocenters. The molecule has 3 rings (SSSR count). The fourth-order valence-corrected chi connectivity index (χ4v) is 6.07. The van der Waals surface area contributed by atoms with Crippen molar-refractivity contribution < 1.29 is 32.6 Å². The van der Waals surface area contributed by atoms with E-state index < -0.39 is 23.9 Å². The molecule has 0 aromatic heterocycles. The van der Waals surface area contributed by atoms with Gasteiger partial charge in [-0.2, -0.15) is 0 Å². The zero-order valence-electron chi connectivity index (χ0n) is 28.2. The molecule has 1 saturated carbocycles. The molecule has 2 aromatic carbocycles. The van der Waals surface area contributed by atoms with E-state index in [-0.39, 0.29) is 18.1 Å². The number of esters is 2. The highest BCUT2D eigenvalue weighted by atomic mass is 19.1. The number of rotatable bonds is 22. The zero-order chi connectivity index (χ0) is 33.0. The van der Waals surface area contributed by atoms with Crippen LogP contribution in [-0.2, 0) is 16.0 Å². The Morgan fingerprint density at radius 1 is 0.783 bits per heavy atom. The van der Waals surface area contributed by atoms with Crippen molar-refractivity contribution >= 4 is 11.9 Å². The number of carbonyl (C=O) groups excluding carboxylic acids is 2. The van der Waals surface area contributed by atoms with Crippen molar-refractivity contribution in [2.24, 2.45) is 5.92 Å². The van der Waals surface area contributed by atoms with Crippen LogP contribution >= 0.6 is 0 Å². The Kier molecular flexibility index (Phi) is 17.7. The van der Waals surface area contributed by atoms with Gasteiger partial charge in [0.05, 0.1) is 12.2 Å². The smallest absolute Gasteiger partial charge is 0.346 e. The lowest BCUT2D eigenvalue weighted by molar-refractivity contribution is -0.157. The number of benzene rings is 2. The maximum atomic E-state index is 14.7. The van der Waals surface area contributed by atoms with E-state index in [9.17, 15) is 18.4 Å². The van der Waals surface area contributed by atoms with Crippen LogP contribution in [-0.4, -0.2) is 30.8 Å². The van der Waals surface area contributed by atoms with Crippen molar-refractivity contribution in [3.8, 4) is 11.5 Å². The Morgan fingerprint density at radius 3 is 2.02 bits per heavy atom. The first-order chi connectivity index (χ1) is 22.4. The van der Waals surface area contributed by atoms with Crippen molar-refractivity contribution in [2.45, 2.75) is 148 Å². The highest BCUT2D eigenvalue weighted by Gasteiger charge is 2.27. The molecule has 0 radical (unpaired) electrons. The van der Waals surface area contributed by atoms with Gasteiger partial charge >= 0.3 is 11.9 Å². The van der Waals surface area contributed by atoms with Crippen LogP contribution in [0.3, 0.4) is 0 Å². The molecule has 0 heterocycles. The van der Waals surface area contributed by atoms with E-state index in [0.717, 1.165) is 63.4 Å². The first kappa shape index (κ1) is 37.5. The molecule has 1 aliphatic carbocycles. The van der Waals surface area contributed by atoms with Gasteiger partial charge < -0.3 is 14.2 Å². The maximum Gasteiger partial charge on any atom is 0.346 e. The van der Waals surface area contributed by atoms with Gasteiger partial charge in [0, 0.05) is 6.07 Å². The van der Waals surface area contributed by atoms with Crippen LogP contribution in [0.2, 0.25) is 0 Å². The van der Waals surface area contributed by atoms with Crippen molar-refractivity contribution in [3.63, 3.8) is 0 Å². The lowest BCUT2D eigenvalue weighted by atomic mass is 9.83. The molecule has 0 amide bonds. The molecule has 46 heavy (non-hydrogen) atoms. The fourth-order valence-electron chi connectivity index (χ4n) is 6.07. The summed E-state index contributed by atoms with van der Waals surface area (Å²) in [5.74, 6) is -0.803. The number of unbranched alkanes of at least 4 members (excludes halogenated alkanes) is 10. The normalized spacial score (nSPS) is 17.0. The van der Waals surface area contributed by atoms with Gasteiger partial charge in [0.1, 0.15) is 23.4 Å². The monoisotopic (exact) mass is 642 g/mol. The van der Waals surface area contributed by atoms with Crippen molar-refractivity contribution in [1.29, 1.82) is 0 Å². The summed E-state index contributed by atoms with van der Waals surface area (Å²) in [6.07, 6.45) is 17.8. The highest BCUT2D eigenvalue weighted by molar-refractivity contribution is 5.91. The van der Waals surface area contributed by atoms with E-state index in [2.05, 4.69) is 6.92 Å².